The molecule has 2 radical (unpaired) electrons. The van der Waals surface area contributed by atoms with Crippen LogP contribution < -0.4 is 0 Å². The van der Waals surface area contributed by atoms with E-state index < -0.39 is 0 Å². The predicted octanol–water partition coefficient (Wildman–Crippen LogP) is 6.30. The summed E-state index contributed by atoms with van der Waals surface area (Å²) in [7, 11) is 6.58. The van der Waals surface area contributed by atoms with E-state index in [-0.39, 0.29) is 5.31 Å². The molecule has 0 aliphatic heterocycles. The number of hydrogen-bond donors (Lipinski definition) is 0. The molecule has 2 unspecified atom stereocenters. The summed E-state index contributed by atoms with van der Waals surface area (Å²) in [6.45, 7) is 11.5. The van der Waals surface area contributed by atoms with Crippen LogP contribution in [0.3, 0.4) is 0 Å². The summed E-state index contributed by atoms with van der Waals surface area (Å²) in [5.41, 5.74) is 0.323. The Morgan fingerprint density at radius 3 is 1.72 bits per heavy atom. The van der Waals surface area contributed by atoms with Gasteiger partial charge in [0.05, 0.1) is 7.85 Å². The van der Waals surface area contributed by atoms with Crippen molar-refractivity contribution in [3.63, 3.8) is 0 Å². The highest BCUT2D eigenvalue weighted by molar-refractivity contribution is 6.15. The van der Waals surface area contributed by atoms with E-state index in [2.05, 4.69) is 34.6 Å². The van der Waals surface area contributed by atoms with Crippen LogP contribution in [0, 0.1) is 5.41 Å². The van der Waals surface area contributed by atoms with E-state index >= 15 is 0 Å². The summed E-state index contributed by atoms with van der Waals surface area (Å²) >= 11 is 0. The zero-order chi connectivity index (χ0) is 14.1. The third kappa shape index (κ3) is 5.80. The zero-order valence-corrected chi connectivity index (χ0v) is 13.6. The van der Waals surface area contributed by atoms with Gasteiger partial charge in [-0.15, -0.1) is 0 Å². The van der Waals surface area contributed by atoms with Crippen LogP contribution in [0.25, 0.3) is 0 Å². The molecule has 106 valence electrons. The molecule has 18 heavy (non-hydrogen) atoms. The van der Waals surface area contributed by atoms with Gasteiger partial charge in [0.15, 0.2) is 0 Å². The lowest BCUT2D eigenvalue weighted by Crippen LogP contribution is -2.32. The summed E-state index contributed by atoms with van der Waals surface area (Å²) in [5, 5.41) is -0.00702. The molecule has 0 bridgehead atoms. The Morgan fingerprint density at radius 2 is 1.22 bits per heavy atom. The van der Waals surface area contributed by atoms with Gasteiger partial charge >= 0.3 is 0 Å². The number of unbranched alkanes of at least 4 members (excludes halogenated alkanes) is 5. The molecule has 1 heteroatoms. The van der Waals surface area contributed by atoms with Crippen LogP contribution in [-0.2, 0) is 0 Å². The first-order chi connectivity index (χ1) is 8.43. The van der Waals surface area contributed by atoms with Crippen LogP contribution >= 0.6 is 0 Å². The maximum absolute atomic E-state index is 6.58. The van der Waals surface area contributed by atoms with Crippen LogP contribution in [0.1, 0.15) is 98.8 Å². The molecular weight excluding hydrogens is 215 g/mol. The number of hydrogen-bond acceptors (Lipinski definition) is 0. The third-order valence-electron chi connectivity index (χ3n) is 5.03. The Labute approximate surface area is 118 Å². The third-order valence-corrected chi connectivity index (χ3v) is 5.03. The van der Waals surface area contributed by atoms with Gasteiger partial charge in [-0.25, -0.2) is 0 Å². The molecule has 0 amide bonds. The highest BCUT2D eigenvalue weighted by Crippen LogP contribution is 2.52. The van der Waals surface area contributed by atoms with Crippen molar-refractivity contribution in [1.82, 2.24) is 0 Å². The topological polar surface area (TPSA) is 0 Å². The largest absolute Gasteiger partial charge is 0.0749 e. The first kappa shape index (κ1) is 18.1. The highest BCUT2D eigenvalue weighted by Gasteiger charge is 2.37. The van der Waals surface area contributed by atoms with E-state index in [1.165, 1.54) is 57.8 Å². The van der Waals surface area contributed by atoms with Crippen molar-refractivity contribution in [3.05, 3.63) is 0 Å². The monoisotopic (exact) mass is 250 g/mol. The summed E-state index contributed by atoms with van der Waals surface area (Å²) in [5.74, 6) is 0. The zero-order valence-electron chi connectivity index (χ0n) is 13.6. The molecule has 0 saturated heterocycles. The highest BCUT2D eigenvalue weighted by atomic mass is 14.4. The van der Waals surface area contributed by atoms with Crippen LogP contribution in [0.5, 0.6) is 0 Å². The summed E-state index contributed by atoms with van der Waals surface area (Å²) in [6.07, 6.45) is 13.1. The van der Waals surface area contributed by atoms with Crippen LogP contribution in [-0.4, -0.2) is 7.85 Å². The molecule has 0 aliphatic carbocycles. The lowest BCUT2D eigenvalue weighted by atomic mass is 9.50. The fraction of sp³-hybridized carbons (Fsp3) is 1.00. The van der Waals surface area contributed by atoms with Gasteiger partial charge < -0.3 is 0 Å². The molecule has 0 nitrogen and oxygen atoms in total. The van der Waals surface area contributed by atoms with Crippen LogP contribution in [0.4, 0.5) is 0 Å². The van der Waals surface area contributed by atoms with Gasteiger partial charge in [0.25, 0.3) is 0 Å². The molecule has 0 saturated carbocycles. The van der Waals surface area contributed by atoms with Crippen LogP contribution in [0.2, 0.25) is 5.31 Å². The second-order valence-electron chi connectivity index (χ2n) is 6.60. The molecule has 2 atom stereocenters. The van der Waals surface area contributed by atoms with Gasteiger partial charge in [0.1, 0.15) is 0 Å². The maximum atomic E-state index is 6.58. The van der Waals surface area contributed by atoms with E-state index in [1.807, 2.05) is 0 Å². The predicted molar refractivity (Wildman–Crippen MR) is 85.4 cm³/mol. The minimum Gasteiger partial charge on any atom is -0.0671 e. The van der Waals surface area contributed by atoms with E-state index in [0.29, 0.717) is 5.41 Å². The molecule has 0 aromatic heterocycles. The second kappa shape index (κ2) is 9.05. The fourth-order valence-electron chi connectivity index (χ4n) is 2.81. The molecule has 0 aromatic rings. The Hall–Kier alpha value is 0.0649. The van der Waals surface area contributed by atoms with E-state index in [0.717, 1.165) is 6.42 Å². The van der Waals surface area contributed by atoms with E-state index in [4.69, 9.17) is 7.85 Å². The lowest BCUT2D eigenvalue weighted by molar-refractivity contribution is 0.167. The Morgan fingerprint density at radius 1 is 0.722 bits per heavy atom. The molecule has 0 rings (SSSR count). The summed E-state index contributed by atoms with van der Waals surface area (Å²) in [4.78, 5) is 0. The molecule has 0 aliphatic rings. The normalized spacial score (nSPS) is 18.3. The Bertz CT molecular complexity index is 198. The van der Waals surface area contributed by atoms with Gasteiger partial charge in [0, 0.05) is 0 Å². The maximum Gasteiger partial charge on any atom is 0.0749 e. The summed E-state index contributed by atoms with van der Waals surface area (Å²) < 4.78 is 0. The van der Waals surface area contributed by atoms with Crippen molar-refractivity contribution in [2.75, 3.05) is 0 Å². The first-order valence-corrected chi connectivity index (χ1v) is 8.22. The molecule has 0 N–H and O–H groups in total. The van der Waals surface area contributed by atoms with Crippen molar-refractivity contribution in [2.45, 2.75) is 104 Å². The van der Waals surface area contributed by atoms with Gasteiger partial charge in [-0.05, 0) is 18.3 Å². The van der Waals surface area contributed by atoms with E-state index in [1.54, 1.807) is 0 Å². The minimum absolute atomic E-state index is 0.00702. The van der Waals surface area contributed by atoms with Gasteiger partial charge in [0.2, 0.25) is 0 Å². The van der Waals surface area contributed by atoms with Crippen molar-refractivity contribution < 1.29 is 0 Å². The Kier molecular flexibility index (Phi) is 9.08. The fourth-order valence-corrected chi connectivity index (χ4v) is 2.81. The molecule has 0 fully saturated rings. The molecule has 0 aromatic carbocycles. The van der Waals surface area contributed by atoms with Gasteiger partial charge in [-0.2, -0.15) is 0 Å². The van der Waals surface area contributed by atoms with Crippen molar-refractivity contribution in [3.8, 4) is 0 Å². The average Bonchev–Trinajstić information content (AvgIpc) is 2.36. The number of rotatable bonds is 11. The van der Waals surface area contributed by atoms with E-state index in [9.17, 15) is 0 Å². The Balaban J connectivity index is 4.30. The first-order valence-electron chi connectivity index (χ1n) is 8.22. The van der Waals surface area contributed by atoms with Crippen molar-refractivity contribution in [2.24, 2.45) is 5.41 Å². The van der Waals surface area contributed by atoms with Crippen LogP contribution in [0.15, 0.2) is 0 Å². The summed E-state index contributed by atoms with van der Waals surface area (Å²) in [6, 6.07) is 0. The van der Waals surface area contributed by atoms with Gasteiger partial charge in [-0.3, -0.25) is 0 Å². The molecule has 0 spiro atoms. The average molecular weight is 250 g/mol. The standard InChI is InChI=1S/C17H35B/c1-6-9-11-12-13-15-16(4,14-10-7-2)17(5,18)8-3/h6-15H2,1-5H3. The molecule has 0 heterocycles. The smallest absolute Gasteiger partial charge is 0.0671 e. The quantitative estimate of drug-likeness (QED) is 0.298. The molecular formula is C17H35B. The van der Waals surface area contributed by atoms with Crippen molar-refractivity contribution in [1.29, 1.82) is 0 Å². The second-order valence-corrected chi connectivity index (χ2v) is 6.60. The minimum atomic E-state index is -0.00702. The van der Waals surface area contributed by atoms with Gasteiger partial charge in [-0.1, -0.05) is 91.3 Å². The van der Waals surface area contributed by atoms with Crippen molar-refractivity contribution >= 4 is 7.85 Å². The lowest BCUT2D eigenvalue weighted by Gasteiger charge is -2.45. The SMILES string of the molecule is [B]C(C)(CC)C(C)(CCCC)CCCCCCC.